The van der Waals surface area contributed by atoms with E-state index in [0.29, 0.717) is 25.9 Å². The van der Waals surface area contributed by atoms with Crippen molar-refractivity contribution in [2.75, 3.05) is 19.8 Å². The van der Waals surface area contributed by atoms with Gasteiger partial charge in [0, 0.05) is 25.9 Å². The van der Waals surface area contributed by atoms with Crippen molar-refractivity contribution in [3.63, 3.8) is 0 Å². The summed E-state index contributed by atoms with van der Waals surface area (Å²) in [6.45, 7) is 7.05. The number of nitrogens with zero attached hydrogens (tertiary/aromatic N) is 2. The van der Waals surface area contributed by atoms with Gasteiger partial charge in [0.15, 0.2) is 0 Å². The number of rotatable bonds is 9. The zero-order valence-electron chi connectivity index (χ0n) is 10.7. The van der Waals surface area contributed by atoms with Crippen molar-refractivity contribution < 1.29 is 13.3 Å². The molecule has 0 radical (unpaired) electrons. The average molecular weight is 256 g/mol. The molecule has 0 N–H and O–H groups in total. The molecule has 0 aromatic heterocycles. The molecule has 96 valence electrons. The topological polar surface area (TPSA) is 75.3 Å². The summed E-state index contributed by atoms with van der Waals surface area (Å²) in [6.07, 6.45) is 0.179. The van der Waals surface area contributed by atoms with Gasteiger partial charge in [0.25, 0.3) is 0 Å². The highest BCUT2D eigenvalue weighted by Crippen LogP contribution is 2.23. The fourth-order valence-corrected chi connectivity index (χ4v) is 4.30. The molecule has 5 nitrogen and oxygen atoms in total. The second-order valence-corrected chi connectivity index (χ2v) is 6.01. The highest BCUT2D eigenvalue weighted by Gasteiger charge is 2.42. The van der Waals surface area contributed by atoms with E-state index in [9.17, 15) is 0 Å². The summed E-state index contributed by atoms with van der Waals surface area (Å²) in [7, 11) is -2.79. The smallest absolute Gasteiger partial charge is 0.374 e. The molecule has 1 atom stereocenters. The van der Waals surface area contributed by atoms with Crippen LogP contribution in [0.1, 0.15) is 27.2 Å². The second-order valence-electron chi connectivity index (χ2n) is 3.37. The maximum atomic E-state index is 8.98. The van der Waals surface area contributed by atoms with Gasteiger partial charge in [-0.2, -0.15) is 10.5 Å². The Morgan fingerprint density at radius 2 is 1.47 bits per heavy atom. The molecule has 0 aliphatic rings. The van der Waals surface area contributed by atoms with Gasteiger partial charge in [0.05, 0.1) is 24.5 Å². The largest absolute Gasteiger partial charge is 0.502 e. The summed E-state index contributed by atoms with van der Waals surface area (Å²) in [6, 6.07) is 4.49. The van der Waals surface area contributed by atoms with E-state index < -0.39 is 14.7 Å². The van der Waals surface area contributed by atoms with Crippen LogP contribution in [0.15, 0.2) is 0 Å². The van der Waals surface area contributed by atoms with Crippen LogP contribution in [0, 0.1) is 28.6 Å². The standard InChI is InChI=1S/C11H20N2O3Si/c1-4-14-17(15-5-2,16-6-3)10-11(9-13)7-8-12/h11H,4-7,10H2,1-3H3. The van der Waals surface area contributed by atoms with E-state index in [0.717, 1.165) is 0 Å². The molecule has 0 fully saturated rings. The minimum atomic E-state index is -2.79. The fraction of sp³-hybridized carbons (Fsp3) is 0.818. The number of hydrogen-bond acceptors (Lipinski definition) is 5. The van der Waals surface area contributed by atoms with Crippen molar-refractivity contribution in [3.05, 3.63) is 0 Å². The Labute approximate surface area is 104 Å². The molecule has 0 bridgehead atoms. The molecule has 0 rings (SSSR count). The van der Waals surface area contributed by atoms with Crippen LogP contribution in [0.5, 0.6) is 0 Å². The fourth-order valence-electron chi connectivity index (χ4n) is 1.54. The second kappa shape index (κ2) is 9.14. The van der Waals surface area contributed by atoms with Gasteiger partial charge in [0.2, 0.25) is 0 Å². The van der Waals surface area contributed by atoms with Crippen LogP contribution in [0.4, 0.5) is 0 Å². The zero-order chi connectivity index (χ0) is 13.1. The molecular weight excluding hydrogens is 236 g/mol. The molecule has 1 unspecified atom stereocenters. The minimum absolute atomic E-state index is 0.179. The molecule has 0 saturated carbocycles. The lowest BCUT2D eigenvalue weighted by Gasteiger charge is -2.29. The third kappa shape index (κ3) is 5.80. The van der Waals surface area contributed by atoms with Gasteiger partial charge in [-0.15, -0.1) is 0 Å². The quantitative estimate of drug-likeness (QED) is 0.590. The highest BCUT2D eigenvalue weighted by molar-refractivity contribution is 6.60. The summed E-state index contributed by atoms with van der Waals surface area (Å²) in [4.78, 5) is 0. The van der Waals surface area contributed by atoms with Crippen molar-refractivity contribution in [2.45, 2.75) is 33.2 Å². The maximum Gasteiger partial charge on any atom is 0.502 e. The van der Waals surface area contributed by atoms with Crippen LogP contribution in [0.25, 0.3) is 0 Å². The van der Waals surface area contributed by atoms with Crippen LogP contribution >= 0.6 is 0 Å². The summed E-state index contributed by atoms with van der Waals surface area (Å²) in [5, 5.41) is 17.6. The summed E-state index contributed by atoms with van der Waals surface area (Å²) in [5.41, 5.74) is 0. The monoisotopic (exact) mass is 256 g/mol. The Morgan fingerprint density at radius 1 is 1.00 bits per heavy atom. The van der Waals surface area contributed by atoms with Crippen molar-refractivity contribution in [3.8, 4) is 12.1 Å². The highest BCUT2D eigenvalue weighted by atomic mass is 28.4. The van der Waals surface area contributed by atoms with Gasteiger partial charge < -0.3 is 13.3 Å². The Kier molecular flexibility index (Phi) is 8.65. The Bertz CT molecular complexity index is 268. The zero-order valence-corrected chi connectivity index (χ0v) is 11.7. The van der Waals surface area contributed by atoms with Gasteiger partial charge in [-0.3, -0.25) is 0 Å². The molecule has 0 aliphatic heterocycles. The van der Waals surface area contributed by atoms with E-state index in [1.54, 1.807) is 0 Å². The third-order valence-corrected chi connectivity index (χ3v) is 5.29. The predicted molar refractivity (Wildman–Crippen MR) is 64.8 cm³/mol. The van der Waals surface area contributed by atoms with Crippen molar-refractivity contribution in [2.24, 2.45) is 5.92 Å². The molecule has 0 saturated heterocycles. The molecule has 0 aromatic carbocycles. The molecule has 17 heavy (non-hydrogen) atoms. The SMILES string of the molecule is CCO[Si](CC(C#N)CC#N)(OCC)OCC. The molecule has 0 spiro atoms. The first kappa shape index (κ1) is 16.1. The third-order valence-electron chi connectivity index (χ3n) is 2.11. The average Bonchev–Trinajstić information content (AvgIpc) is 2.29. The Hall–Kier alpha value is -0.923. The predicted octanol–water partition coefficient (Wildman–Crippen LogP) is 2.09. The van der Waals surface area contributed by atoms with Crippen LogP contribution in [-0.4, -0.2) is 28.6 Å². The first-order valence-electron chi connectivity index (χ1n) is 5.86. The summed E-state index contributed by atoms with van der Waals surface area (Å²) >= 11 is 0. The molecule has 6 heteroatoms. The van der Waals surface area contributed by atoms with Crippen molar-refractivity contribution >= 4 is 8.80 Å². The van der Waals surface area contributed by atoms with E-state index in [-0.39, 0.29) is 6.42 Å². The van der Waals surface area contributed by atoms with Crippen LogP contribution in [-0.2, 0) is 13.3 Å². The van der Waals surface area contributed by atoms with Gasteiger partial charge in [-0.25, -0.2) is 0 Å². The van der Waals surface area contributed by atoms with Crippen molar-refractivity contribution in [1.29, 1.82) is 10.5 Å². The van der Waals surface area contributed by atoms with Gasteiger partial charge in [-0.05, 0) is 20.8 Å². The summed E-state index contributed by atoms with van der Waals surface area (Å²) in [5.74, 6) is -0.392. The van der Waals surface area contributed by atoms with Crippen LogP contribution in [0.3, 0.4) is 0 Å². The van der Waals surface area contributed by atoms with Gasteiger partial charge in [-0.1, -0.05) is 0 Å². The van der Waals surface area contributed by atoms with Gasteiger partial charge >= 0.3 is 8.80 Å². The van der Waals surface area contributed by atoms with E-state index in [1.807, 2.05) is 26.8 Å². The Balaban J connectivity index is 4.74. The molecule has 0 aromatic rings. The van der Waals surface area contributed by atoms with E-state index in [4.69, 9.17) is 23.8 Å². The van der Waals surface area contributed by atoms with E-state index in [2.05, 4.69) is 6.07 Å². The van der Waals surface area contributed by atoms with E-state index in [1.165, 1.54) is 0 Å². The Morgan fingerprint density at radius 3 is 1.76 bits per heavy atom. The van der Waals surface area contributed by atoms with Crippen LogP contribution in [0.2, 0.25) is 6.04 Å². The molecule has 0 amide bonds. The first-order valence-corrected chi connectivity index (χ1v) is 7.79. The lowest BCUT2D eigenvalue weighted by molar-refractivity contribution is 0.0689. The maximum absolute atomic E-state index is 8.98. The lowest BCUT2D eigenvalue weighted by Crippen LogP contribution is -2.47. The van der Waals surface area contributed by atoms with Crippen LogP contribution < -0.4 is 0 Å². The summed E-state index contributed by atoms with van der Waals surface area (Å²) < 4.78 is 16.9. The molecular formula is C11H20N2O3Si. The molecule has 0 aliphatic carbocycles. The minimum Gasteiger partial charge on any atom is -0.374 e. The molecule has 0 heterocycles. The number of hydrogen-bond donors (Lipinski definition) is 0. The number of nitriles is 2. The van der Waals surface area contributed by atoms with Crippen molar-refractivity contribution in [1.82, 2.24) is 0 Å². The normalized spacial score (nSPS) is 12.8. The first-order chi connectivity index (χ1) is 8.17. The van der Waals surface area contributed by atoms with E-state index >= 15 is 0 Å². The lowest BCUT2D eigenvalue weighted by atomic mass is 10.1. The van der Waals surface area contributed by atoms with Gasteiger partial charge in [0.1, 0.15) is 0 Å².